The Morgan fingerprint density at radius 3 is 2.62 bits per heavy atom. The second-order valence-electron chi connectivity index (χ2n) is 7.19. The lowest BCUT2D eigenvalue weighted by Crippen LogP contribution is -2.63. The summed E-state index contributed by atoms with van der Waals surface area (Å²) in [5.41, 5.74) is 2.15. The van der Waals surface area contributed by atoms with Crippen LogP contribution in [0.15, 0.2) is 16.4 Å². The number of morpholine rings is 1. The zero-order valence-corrected chi connectivity index (χ0v) is 15.6. The van der Waals surface area contributed by atoms with Crippen molar-refractivity contribution >= 4 is 17.9 Å². The van der Waals surface area contributed by atoms with Crippen LogP contribution in [0.2, 0.25) is 0 Å². The molecule has 4 heterocycles. The van der Waals surface area contributed by atoms with Crippen LogP contribution in [-0.2, 0) is 9.53 Å². The second kappa shape index (κ2) is 6.55. The molecule has 2 fully saturated rings. The summed E-state index contributed by atoms with van der Waals surface area (Å²) in [6, 6.07) is -0.870. The van der Waals surface area contributed by atoms with Crippen molar-refractivity contribution in [2.75, 3.05) is 46.4 Å². The van der Waals surface area contributed by atoms with Gasteiger partial charge in [-0.05, 0) is 20.3 Å². The van der Waals surface area contributed by atoms with E-state index in [0.29, 0.717) is 0 Å². The number of rotatable bonds is 4. The molecule has 4 rings (SSSR count). The molecule has 142 valence electrons. The largest absolute Gasteiger partial charge is 0.379 e. The van der Waals surface area contributed by atoms with E-state index < -0.39 is 12.2 Å². The van der Waals surface area contributed by atoms with E-state index in [4.69, 9.17) is 9.73 Å². The van der Waals surface area contributed by atoms with Crippen molar-refractivity contribution in [3.05, 3.63) is 11.4 Å². The molecule has 3 amide bonds. The summed E-state index contributed by atoms with van der Waals surface area (Å²) in [5, 5.41) is 2.42. The summed E-state index contributed by atoms with van der Waals surface area (Å²) in [6.07, 6.45) is 0.546. The first-order valence-corrected chi connectivity index (χ1v) is 9.19. The molecule has 0 aromatic carbocycles. The summed E-state index contributed by atoms with van der Waals surface area (Å²) in [4.78, 5) is 37.1. The Morgan fingerprint density at radius 2 is 1.88 bits per heavy atom. The van der Waals surface area contributed by atoms with Gasteiger partial charge in [0.25, 0.3) is 5.91 Å². The average Bonchev–Trinajstić information content (AvgIpc) is 3.13. The van der Waals surface area contributed by atoms with E-state index in [9.17, 15) is 9.59 Å². The van der Waals surface area contributed by atoms with Crippen LogP contribution in [0.4, 0.5) is 4.79 Å². The molecule has 4 aliphatic rings. The Labute approximate surface area is 153 Å². The van der Waals surface area contributed by atoms with Crippen LogP contribution in [0, 0.1) is 0 Å². The predicted octanol–water partition coefficient (Wildman–Crippen LogP) is -0.176. The number of carbonyl (C=O) groups excluding carboxylic acids is 2. The molecule has 0 saturated carbocycles. The number of allylic oxidation sites excluding steroid dienone is 2. The highest BCUT2D eigenvalue weighted by atomic mass is 16.5. The molecule has 2 saturated heterocycles. The van der Waals surface area contributed by atoms with Crippen LogP contribution in [0.25, 0.3) is 0 Å². The van der Waals surface area contributed by atoms with E-state index in [0.717, 1.165) is 63.2 Å². The lowest BCUT2D eigenvalue weighted by molar-refractivity contribution is -0.126. The second-order valence-corrected chi connectivity index (χ2v) is 7.19. The van der Waals surface area contributed by atoms with E-state index in [1.165, 1.54) is 4.90 Å². The van der Waals surface area contributed by atoms with E-state index in [1.807, 2.05) is 11.8 Å². The lowest BCUT2D eigenvalue weighted by atomic mass is 10.1. The fraction of sp³-hybridized carbons (Fsp3) is 0.706. The number of nitrogens with zero attached hydrogens (tertiary/aromatic N) is 5. The molecule has 26 heavy (non-hydrogen) atoms. The smallest absolute Gasteiger partial charge is 0.325 e. The van der Waals surface area contributed by atoms with Crippen LogP contribution in [0.3, 0.4) is 0 Å². The third kappa shape index (κ3) is 2.66. The van der Waals surface area contributed by atoms with E-state index in [1.54, 1.807) is 7.05 Å². The molecule has 0 aromatic rings. The van der Waals surface area contributed by atoms with Crippen LogP contribution >= 0.6 is 0 Å². The van der Waals surface area contributed by atoms with Gasteiger partial charge < -0.3 is 14.5 Å². The number of likely N-dealkylation sites (N-methyl/N-ethyl adjacent to an activating group) is 1. The van der Waals surface area contributed by atoms with Gasteiger partial charge in [-0.25, -0.2) is 9.79 Å². The van der Waals surface area contributed by atoms with Gasteiger partial charge in [-0.1, -0.05) is 0 Å². The minimum Gasteiger partial charge on any atom is -0.379 e. The van der Waals surface area contributed by atoms with Crippen molar-refractivity contribution in [3.63, 3.8) is 0 Å². The third-order valence-corrected chi connectivity index (χ3v) is 5.73. The molecule has 9 heteroatoms. The first-order valence-electron chi connectivity index (χ1n) is 9.19. The van der Waals surface area contributed by atoms with Crippen LogP contribution in [-0.4, -0.2) is 96.1 Å². The minimum absolute atomic E-state index is 0.279. The number of hydrogen-bond acceptors (Lipinski definition) is 7. The third-order valence-electron chi connectivity index (χ3n) is 5.73. The lowest BCUT2D eigenvalue weighted by Gasteiger charge is -2.35. The van der Waals surface area contributed by atoms with Gasteiger partial charge in [0.15, 0.2) is 12.2 Å². The van der Waals surface area contributed by atoms with Crippen molar-refractivity contribution < 1.29 is 14.3 Å². The zero-order valence-electron chi connectivity index (χ0n) is 15.6. The maximum absolute atomic E-state index is 12.4. The number of amides is 3. The summed E-state index contributed by atoms with van der Waals surface area (Å²) in [6.45, 7) is 9.52. The molecule has 4 aliphatic heterocycles. The molecular weight excluding hydrogens is 336 g/mol. The SMILES string of the molecule is CC1=C(C)N2C(=NC3C2C(=O)NC(=O)N3C)N1CCCN1CCOCC1. The van der Waals surface area contributed by atoms with Gasteiger partial charge in [0.2, 0.25) is 5.96 Å². The number of fused-ring (bicyclic) bond motifs is 3. The summed E-state index contributed by atoms with van der Waals surface area (Å²) in [7, 11) is 1.68. The Kier molecular flexibility index (Phi) is 4.36. The molecule has 0 radical (unpaired) electrons. The summed E-state index contributed by atoms with van der Waals surface area (Å²) >= 11 is 0. The highest BCUT2D eigenvalue weighted by Crippen LogP contribution is 2.36. The normalized spacial score (nSPS) is 29.2. The zero-order chi connectivity index (χ0) is 18.4. The standard InChI is InChI=1S/C17H26N6O3/c1-11-12(2)23-13-14(20(3)17(25)19-15(13)24)18-16(23)22(11)6-4-5-21-7-9-26-10-8-21/h13-14H,4-10H2,1-3H3,(H,19,24,25). The van der Waals surface area contributed by atoms with Gasteiger partial charge in [0, 0.05) is 44.6 Å². The van der Waals surface area contributed by atoms with Crippen LogP contribution in [0.1, 0.15) is 20.3 Å². The Bertz CT molecular complexity index is 684. The molecule has 2 unspecified atom stereocenters. The molecule has 9 nitrogen and oxygen atoms in total. The van der Waals surface area contributed by atoms with Gasteiger partial charge in [0.1, 0.15) is 0 Å². The van der Waals surface area contributed by atoms with Gasteiger partial charge in [-0.15, -0.1) is 0 Å². The van der Waals surface area contributed by atoms with Crippen molar-refractivity contribution in [2.24, 2.45) is 4.99 Å². The number of imide groups is 1. The number of carbonyl (C=O) groups is 2. The summed E-state index contributed by atoms with van der Waals surface area (Å²) < 4.78 is 5.40. The van der Waals surface area contributed by atoms with Crippen molar-refractivity contribution in [3.8, 4) is 0 Å². The first-order chi connectivity index (χ1) is 12.5. The molecule has 0 aliphatic carbocycles. The molecular formula is C17H26N6O3. The molecule has 1 N–H and O–H groups in total. The Balaban J connectivity index is 1.48. The Hall–Kier alpha value is -2.13. The fourth-order valence-corrected chi connectivity index (χ4v) is 4.07. The number of aliphatic imine (C=N–C) groups is 1. The molecule has 2 atom stereocenters. The summed E-state index contributed by atoms with van der Waals surface area (Å²) in [5.74, 6) is 0.507. The van der Waals surface area contributed by atoms with Crippen LogP contribution in [0.5, 0.6) is 0 Å². The number of hydrogen-bond donors (Lipinski definition) is 1. The average molecular weight is 362 g/mol. The van der Waals surface area contributed by atoms with Crippen molar-refractivity contribution in [2.45, 2.75) is 32.5 Å². The molecule has 0 aromatic heterocycles. The van der Waals surface area contributed by atoms with E-state index in [-0.39, 0.29) is 11.9 Å². The predicted molar refractivity (Wildman–Crippen MR) is 95.1 cm³/mol. The van der Waals surface area contributed by atoms with Gasteiger partial charge in [-0.2, -0.15) is 0 Å². The molecule has 0 bridgehead atoms. The monoisotopic (exact) mass is 362 g/mol. The first kappa shape index (κ1) is 17.3. The highest BCUT2D eigenvalue weighted by molar-refractivity contribution is 6.05. The van der Waals surface area contributed by atoms with Gasteiger partial charge in [0.05, 0.1) is 13.2 Å². The number of urea groups is 1. The molecule has 0 spiro atoms. The maximum atomic E-state index is 12.4. The number of ether oxygens (including phenoxy) is 1. The topological polar surface area (TPSA) is 80.7 Å². The van der Waals surface area contributed by atoms with E-state index >= 15 is 0 Å². The van der Waals surface area contributed by atoms with Gasteiger partial charge >= 0.3 is 6.03 Å². The highest BCUT2D eigenvalue weighted by Gasteiger charge is 2.52. The quantitative estimate of drug-likeness (QED) is 0.748. The number of nitrogens with one attached hydrogen (secondary N) is 1. The van der Waals surface area contributed by atoms with Crippen LogP contribution < -0.4 is 5.32 Å². The van der Waals surface area contributed by atoms with Crippen molar-refractivity contribution in [1.29, 1.82) is 0 Å². The van der Waals surface area contributed by atoms with Gasteiger partial charge in [-0.3, -0.25) is 19.9 Å². The maximum Gasteiger partial charge on any atom is 0.325 e. The van der Waals surface area contributed by atoms with E-state index in [2.05, 4.69) is 22.0 Å². The minimum atomic E-state index is -0.480. The number of guanidine groups is 1. The Morgan fingerprint density at radius 1 is 1.15 bits per heavy atom. The van der Waals surface area contributed by atoms with Crippen molar-refractivity contribution in [1.82, 2.24) is 24.9 Å². The fourth-order valence-electron chi connectivity index (χ4n) is 4.07.